The molecule has 0 radical (unpaired) electrons. The molecule has 132 valence electrons. The SMILES string of the molecule is C[C@H](CN1CCCC[C@@H]1c1cccnc1)OC(=O)Nc1ccccc1. The van der Waals surface area contributed by atoms with Crippen LogP contribution in [0.3, 0.4) is 0 Å². The Morgan fingerprint density at radius 3 is 2.88 bits per heavy atom. The molecule has 2 aromatic rings. The molecule has 0 bridgehead atoms. The first kappa shape index (κ1) is 17.4. The number of hydrogen-bond donors (Lipinski definition) is 1. The van der Waals surface area contributed by atoms with E-state index >= 15 is 0 Å². The Morgan fingerprint density at radius 1 is 1.28 bits per heavy atom. The monoisotopic (exact) mass is 339 g/mol. The van der Waals surface area contributed by atoms with Crippen molar-refractivity contribution in [3.8, 4) is 0 Å². The van der Waals surface area contributed by atoms with E-state index in [0.29, 0.717) is 6.04 Å². The summed E-state index contributed by atoms with van der Waals surface area (Å²) in [6.45, 7) is 3.69. The van der Waals surface area contributed by atoms with E-state index in [1.54, 1.807) is 6.20 Å². The third kappa shape index (κ3) is 5.03. The minimum absolute atomic E-state index is 0.180. The maximum absolute atomic E-state index is 12.1. The first-order valence-corrected chi connectivity index (χ1v) is 8.89. The predicted molar refractivity (Wildman–Crippen MR) is 98.4 cm³/mol. The third-order valence-corrected chi connectivity index (χ3v) is 4.50. The van der Waals surface area contributed by atoms with Crippen LogP contribution in [0.1, 0.15) is 37.8 Å². The molecular weight excluding hydrogens is 314 g/mol. The van der Waals surface area contributed by atoms with E-state index in [9.17, 15) is 4.79 Å². The highest BCUT2D eigenvalue weighted by Gasteiger charge is 2.26. The summed E-state index contributed by atoms with van der Waals surface area (Å²) in [5.74, 6) is 0. The number of carbonyl (C=O) groups is 1. The standard InChI is InChI=1S/C20H25N3O2/c1-16(25-20(24)22-18-9-3-2-4-10-18)15-23-13-6-5-11-19(23)17-8-7-12-21-14-17/h2-4,7-10,12,14,16,19H,5-6,11,13,15H2,1H3,(H,22,24)/t16-,19-/m1/s1. The lowest BCUT2D eigenvalue weighted by Crippen LogP contribution is -2.39. The van der Waals surface area contributed by atoms with Gasteiger partial charge in [0, 0.05) is 30.7 Å². The zero-order valence-electron chi connectivity index (χ0n) is 14.6. The molecule has 3 rings (SSSR count). The van der Waals surface area contributed by atoms with Crippen molar-refractivity contribution in [3.05, 3.63) is 60.4 Å². The first-order chi connectivity index (χ1) is 12.2. The molecule has 1 amide bonds. The van der Waals surface area contributed by atoms with Gasteiger partial charge in [-0.25, -0.2) is 4.79 Å². The van der Waals surface area contributed by atoms with Gasteiger partial charge in [-0.3, -0.25) is 15.2 Å². The normalized spacial score (nSPS) is 19.2. The van der Waals surface area contributed by atoms with Crippen molar-refractivity contribution >= 4 is 11.8 Å². The molecule has 1 fully saturated rings. The largest absolute Gasteiger partial charge is 0.445 e. The quantitative estimate of drug-likeness (QED) is 0.885. The number of ether oxygens (including phenoxy) is 1. The van der Waals surface area contributed by atoms with Crippen LogP contribution in [-0.4, -0.2) is 35.2 Å². The summed E-state index contributed by atoms with van der Waals surface area (Å²) >= 11 is 0. The summed E-state index contributed by atoms with van der Waals surface area (Å²) in [6.07, 6.45) is 6.68. The first-order valence-electron chi connectivity index (χ1n) is 8.89. The third-order valence-electron chi connectivity index (χ3n) is 4.50. The average Bonchev–Trinajstić information content (AvgIpc) is 2.63. The number of benzene rings is 1. The van der Waals surface area contributed by atoms with E-state index in [1.807, 2.05) is 49.5 Å². The number of anilines is 1. The number of para-hydroxylation sites is 1. The van der Waals surface area contributed by atoms with Gasteiger partial charge >= 0.3 is 6.09 Å². The molecule has 5 heteroatoms. The van der Waals surface area contributed by atoms with Crippen molar-refractivity contribution < 1.29 is 9.53 Å². The number of aromatic nitrogens is 1. The molecule has 0 aliphatic carbocycles. The van der Waals surface area contributed by atoms with Gasteiger partial charge in [0.2, 0.25) is 0 Å². The molecule has 25 heavy (non-hydrogen) atoms. The van der Waals surface area contributed by atoms with Gasteiger partial charge in [0.15, 0.2) is 0 Å². The van der Waals surface area contributed by atoms with Gasteiger partial charge in [0.1, 0.15) is 6.10 Å². The number of amides is 1. The van der Waals surface area contributed by atoms with Crippen LogP contribution in [0.2, 0.25) is 0 Å². The lowest BCUT2D eigenvalue weighted by molar-refractivity contribution is 0.0595. The van der Waals surface area contributed by atoms with Gasteiger partial charge < -0.3 is 4.74 Å². The molecule has 0 unspecified atom stereocenters. The van der Waals surface area contributed by atoms with Crippen molar-refractivity contribution in [2.45, 2.75) is 38.3 Å². The number of nitrogens with zero attached hydrogens (tertiary/aromatic N) is 2. The molecule has 1 aliphatic rings. The van der Waals surface area contributed by atoms with E-state index in [0.717, 1.165) is 25.2 Å². The molecule has 2 atom stereocenters. The maximum atomic E-state index is 12.1. The van der Waals surface area contributed by atoms with Crippen molar-refractivity contribution in [1.29, 1.82) is 0 Å². The van der Waals surface area contributed by atoms with Gasteiger partial charge in [-0.2, -0.15) is 0 Å². The lowest BCUT2D eigenvalue weighted by Gasteiger charge is -2.37. The molecule has 1 aromatic heterocycles. The van der Waals surface area contributed by atoms with Gasteiger partial charge in [-0.1, -0.05) is 30.7 Å². The number of pyridine rings is 1. The van der Waals surface area contributed by atoms with E-state index in [2.05, 4.69) is 21.3 Å². The molecular formula is C20H25N3O2. The minimum atomic E-state index is -0.409. The molecule has 0 spiro atoms. The highest BCUT2D eigenvalue weighted by Crippen LogP contribution is 2.30. The minimum Gasteiger partial charge on any atom is -0.445 e. The zero-order valence-corrected chi connectivity index (χ0v) is 14.6. The van der Waals surface area contributed by atoms with Crippen LogP contribution in [-0.2, 0) is 4.74 Å². The van der Waals surface area contributed by atoms with Crippen LogP contribution >= 0.6 is 0 Å². The van der Waals surface area contributed by atoms with Crippen molar-refractivity contribution in [2.75, 3.05) is 18.4 Å². The summed E-state index contributed by atoms with van der Waals surface area (Å²) in [4.78, 5) is 18.7. The number of nitrogens with one attached hydrogen (secondary N) is 1. The molecule has 1 N–H and O–H groups in total. The van der Waals surface area contributed by atoms with Gasteiger partial charge in [0.05, 0.1) is 0 Å². The molecule has 0 saturated carbocycles. The Bertz CT molecular complexity index is 663. The smallest absolute Gasteiger partial charge is 0.411 e. The second kappa shape index (κ2) is 8.62. The second-order valence-corrected chi connectivity index (χ2v) is 6.50. The number of likely N-dealkylation sites (tertiary alicyclic amines) is 1. The summed E-state index contributed by atoms with van der Waals surface area (Å²) < 4.78 is 5.53. The number of hydrogen-bond acceptors (Lipinski definition) is 4. The highest BCUT2D eigenvalue weighted by atomic mass is 16.6. The van der Waals surface area contributed by atoms with Crippen LogP contribution in [0.5, 0.6) is 0 Å². The van der Waals surface area contributed by atoms with Crippen molar-refractivity contribution in [1.82, 2.24) is 9.88 Å². The fourth-order valence-electron chi connectivity index (χ4n) is 3.38. The predicted octanol–water partition coefficient (Wildman–Crippen LogP) is 4.25. The van der Waals surface area contributed by atoms with Crippen LogP contribution < -0.4 is 5.32 Å². The summed E-state index contributed by atoms with van der Waals surface area (Å²) in [5, 5.41) is 2.76. The van der Waals surface area contributed by atoms with Crippen LogP contribution in [0.25, 0.3) is 0 Å². The Hall–Kier alpha value is -2.40. The Kier molecular flexibility index (Phi) is 6.01. The van der Waals surface area contributed by atoms with Crippen molar-refractivity contribution in [3.63, 3.8) is 0 Å². The van der Waals surface area contributed by atoms with Crippen LogP contribution in [0.15, 0.2) is 54.9 Å². The summed E-state index contributed by atoms with van der Waals surface area (Å²) in [7, 11) is 0. The van der Waals surface area contributed by atoms with Crippen molar-refractivity contribution in [2.24, 2.45) is 0 Å². The fraction of sp³-hybridized carbons (Fsp3) is 0.400. The molecule has 1 aliphatic heterocycles. The molecule has 1 saturated heterocycles. The lowest BCUT2D eigenvalue weighted by atomic mass is 9.96. The highest BCUT2D eigenvalue weighted by molar-refractivity contribution is 5.84. The van der Waals surface area contributed by atoms with E-state index in [1.165, 1.54) is 18.4 Å². The summed E-state index contributed by atoms with van der Waals surface area (Å²) in [6, 6.07) is 13.8. The average molecular weight is 339 g/mol. The van der Waals surface area contributed by atoms with E-state index in [4.69, 9.17) is 4.74 Å². The molecule has 5 nitrogen and oxygen atoms in total. The fourth-order valence-corrected chi connectivity index (χ4v) is 3.38. The van der Waals surface area contributed by atoms with Gasteiger partial charge in [0.25, 0.3) is 0 Å². The number of piperidine rings is 1. The Morgan fingerprint density at radius 2 is 2.12 bits per heavy atom. The van der Waals surface area contributed by atoms with Gasteiger partial charge in [-0.15, -0.1) is 0 Å². The molecule has 2 heterocycles. The second-order valence-electron chi connectivity index (χ2n) is 6.50. The topological polar surface area (TPSA) is 54.5 Å². The molecule has 1 aromatic carbocycles. The Balaban J connectivity index is 1.55. The van der Waals surface area contributed by atoms with Crippen LogP contribution in [0, 0.1) is 0 Å². The van der Waals surface area contributed by atoms with E-state index in [-0.39, 0.29) is 6.10 Å². The summed E-state index contributed by atoms with van der Waals surface area (Å²) in [5.41, 5.74) is 1.98. The van der Waals surface area contributed by atoms with Crippen LogP contribution in [0.4, 0.5) is 10.5 Å². The Labute approximate surface area is 149 Å². The van der Waals surface area contributed by atoms with E-state index < -0.39 is 6.09 Å². The van der Waals surface area contributed by atoms with Gasteiger partial charge in [-0.05, 0) is 50.1 Å². The number of rotatable bonds is 5. The zero-order chi connectivity index (χ0) is 17.5. The number of carbonyl (C=O) groups excluding carboxylic acids is 1. The maximum Gasteiger partial charge on any atom is 0.411 e.